The van der Waals surface area contributed by atoms with Crippen molar-refractivity contribution in [1.29, 1.82) is 5.26 Å². The molecule has 1 fully saturated rings. The summed E-state index contributed by atoms with van der Waals surface area (Å²) in [4.78, 5) is 30.0. The number of carbonyl (C=O) groups excluding carboxylic acids is 2. The number of halogens is 1. The van der Waals surface area contributed by atoms with Crippen molar-refractivity contribution in [2.75, 3.05) is 45.3 Å². The van der Waals surface area contributed by atoms with E-state index in [0.29, 0.717) is 29.6 Å². The van der Waals surface area contributed by atoms with Crippen LogP contribution in [0.15, 0.2) is 64.5 Å². The van der Waals surface area contributed by atoms with Crippen LogP contribution in [0.3, 0.4) is 0 Å². The van der Waals surface area contributed by atoms with Crippen LogP contribution in [-0.2, 0) is 9.53 Å². The molecule has 0 spiro atoms. The summed E-state index contributed by atoms with van der Waals surface area (Å²) in [5.41, 5.74) is 2.12. The molecule has 8 nitrogen and oxygen atoms in total. The number of thioether (sulfide) groups is 1. The predicted molar refractivity (Wildman–Crippen MR) is 131 cm³/mol. The average Bonchev–Trinajstić information content (AvgIpc) is 3.34. The molecule has 1 saturated heterocycles. The molecule has 0 atom stereocenters. The van der Waals surface area contributed by atoms with Gasteiger partial charge in [-0.2, -0.15) is 5.26 Å². The van der Waals surface area contributed by atoms with Crippen LogP contribution >= 0.6 is 11.8 Å². The van der Waals surface area contributed by atoms with Gasteiger partial charge in [0.1, 0.15) is 28.2 Å². The largest absolute Gasteiger partial charge is 0.497 e. The van der Waals surface area contributed by atoms with E-state index in [2.05, 4.69) is 6.07 Å². The number of piperazine rings is 1. The minimum Gasteiger partial charge on any atom is -0.497 e. The highest BCUT2D eigenvalue weighted by Crippen LogP contribution is 2.45. The smallest absolute Gasteiger partial charge is 0.409 e. The third-order valence-electron chi connectivity index (χ3n) is 5.72. The lowest BCUT2D eigenvalue weighted by molar-refractivity contribution is -0.128. The summed E-state index contributed by atoms with van der Waals surface area (Å²) in [6, 6.07) is 15.4. The van der Waals surface area contributed by atoms with Crippen molar-refractivity contribution >= 4 is 35.1 Å². The van der Waals surface area contributed by atoms with Crippen molar-refractivity contribution in [2.24, 2.45) is 0 Å². The van der Waals surface area contributed by atoms with Crippen LogP contribution in [0.2, 0.25) is 0 Å². The summed E-state index contributed by atoms with van der Waals surface area (Å²) in [5, 5.41) is 12.3. The molecule has 0 saturated carbocycles. The van der Waals surface area contributed by atoms with Gasteiger partial charge in [0.25, 0.3) is 5.91 Å². The first-order valence-electron chi connectivity index (χ1n) is 10.8. The minimum absolute atomic E-state index is 0.0278. The Morgan fingerprint density at radius 2 is 1.71 bits per heavy atom. The number of rotatable bonds is 4. The highest BCUT2D eigenvalue weighted by molar-refractivity contribution is 8.06. The maximum Gasteiger partial charge on any atom is 0.409 e. The first-order valence-corrected chi connectivity index (χ1v) is 11.7. The number of ether oxygens (including phenoxy) is 2. The average molecular weight is 495 g/mol. The van der Waals surface area contributed by atoms with Gasteiger partial charge in [0.2, 0.25) is 0 Å². The fraction of sp³-hybridized carbons (Fsp3) is 0.240. The maximum absolute atomic E-state index is 13.7. The molecule has 0 N–H and O–H groups in total. The summed E-state index contributed by atoms with van der Waals surface area (Å²) in [7, 11) is 2.89. The fourth-order valence-corrected chi connectivity index (χ4v) is 4.91. The zero-order valence-corrected chi connectivity index (χ0v) is 20.0. The lowest BCUT2D eigenvalue weighted by Crippen LogP contribution is -2.51. The van der Waals surface area contributed by atoms with Crippen LogP contribution in [-0.4, -0.2) is 62.2 Å². The van der Waals surface area contributed by atoms with Gasteiger partial charge in [-0.3, -0.25) is 4.79 Å². The zero-order valence-electron chi connectivity index (χ0n) is 19.2. The van der Waals surface area contributed by atoms with Gasteiger partial charge in [-0.25, -0.2) is 9.18 Å². The van der Waals surface area contributed by atoms with Gasteiger partial charge in [-0.15, -0.1) is 0 Å². The summed E-state index contributed by atoms with van der Waals surface area (Å²) < 4.78 is 23.8. The normalized spacial score (nSPS) is 17.0. The maximum atomic E-state index is 13.7. The molecule has 2 aromatic carbocycles. The molecular formula is C25H23FN4O4S. The van der Waals surface area contributed by atoms with E-state index in [1.165, 1.54) is 35.9 Å². The number of methoxy groups -OCH3 is 2. The Hall–Kier alpha value is -3.97. The highest BCUT2D eigenvalue weighted by atomic mass is 32.2. The lowest BCUT2D eigenvalue weighted by Gasteiger charge is -2.34. The first-order chi connectivity index (χ1) is 17.0. The van der Waals surface area contributed by atoms with Crippen molar-refractivity contribution in [3.05, 3.63) is 75.9 Å². The molecule has 35 heavy (non-hydrogen) atoms. The molecule has 2 aliphatic rings. The second-order valence-corrected chi connectivity index (χ2v) is 8.56. The van der Waals surface area contributed by atoms with Gasteiger partial charge in [0.15, 0.2) is 0 Å². The van der Waals surface area contributed by atoms with E-state index in [1.54, 1.807) is 29.0 Å². The molecule has 4 rings (SSSR count). The SMILES string of the molecule is COC(=O)N1CCN(C(=O)/C(C#N)=C2\SC=C(c3cccc(OC)c3)N2c2ccc(F)cc2)CC1. The molecule has 180 valence electrons. The van der Waals surface area contributed by atoms with Crippen molar-refractivity contribution in [1.82, 2.24) is 9.80 Å². The molecule has 10 heteroatoms. The van der Waals surface area contributed by atoms with Crippen LogP contribution in [0, 0.1) is 17.1 Å². The zero-order chi connectivity index (χ0) is 24.9. The molecule has 2 heterocycles. The van der Waals surface area contributed by atoms with E-state index >= 15 is 0 Å². The van der Waals surface area contributed by atoms with E-state index in [9.17, 15) is 19.2 Å². The standard InChI is InChI=1S/C25H23FN4O4S/c1-33-20-5-3-4-17(14-20)22-16-35-24(30(22)19-8-6-18(26)7-9-19)21(15-27)23(31)28-10-12-29(13-11-28)25(32)34-2/h3-9,14,16H,10-13H2,1-2H3/b24-21-. The first kappa shape index (κ1) is 24.2. The summed E-state index contributed by atoms with van der Waals surface area (Å²) in [6.07, 6.45) is -0.447. The number of anilines is 1. The number of carbonyl (C=O) groups is 2. The molecule has 0 radical (unpaired) electrons. The Morgan fingerprint density at radius 1 is 1.03 bits per heavy atom. The number of hydrogen-bond donors (Lipinski definition) is 0. The van der Waals surface area contributed by atoms with E-state index < -0.39 is 17.8 Å². The van der Waals surface area contributed by atoms with Crippen molar-refractivity contribution in [3.63, 3.8) is 0 Å². The van der Waals surface area contributed by atoms with E-state index in [0.717, 1.165) is 11.3 Å². The summed E-state index contributed by atoms with van der Waals surface area (Å²) >= 11 is 1.25. The van der Waals surface area contributed by atoms with Crippen molar-refractivity contribution in [2.45, 2.75) is 0 Å². The van der Waals surface area contributed by atoms with E-state index in [4.69, 9.17) is 9.47 Å². The van der Waals surface area contributed by atoms with Crippen LogP contribution in [0.5, 0.6) is 5.75 Å². The second kappa shape index (κ2) is 10.5. The molecule has 2 aliphatic heterocycles. The second-order valence-electron chi connectivity index (χ2n) is 7.71. The lowest BCUT2D eigenvalue weighted by atomic mass is 10.1. The molecule has 2 amide bonds. The Morgan fingerprint density at radius 3 is 2.34 bits per heavy atom. The molecule has 0 bridgehead atoms. The number of nitriles is 1. The number of amides is 2. The van der Waals surface area contributed by atoms with Gasteiger partial charge in [0.05, 0.1) is 19.9 Å². The summed E-state index contributed by atoms with van der Waals surface area (Å²) in [6.45, 7) is 1.19. The van der Waals surface area contributed by atoms with Crippen molar-refractivity contribution < 1.29 is 23.5 Å². The third kappa shape index (κ3) is 4.95. The molecule has 0 unspecified atom stereocenters. The van der Waals surface area contributed by atoms with Crippen LogP contribution < -0.4 is 9.64 Å². The Labute approximate surface area is 206 Å². The van der Waals surface area contributed by atoms with Gasteiger partial charge in [-0.1, -0.05) is 23.9 Å². The minimum atomic E-state index is -0.447. The Kier molecular flexibility index (Phi) is 7.27. The molecular weight excluding hydrogens is 471 g/mol. The van der Waals surface area contributed by atoms with Crippen LogP contribution in [0.1, 0.15) is 5.56 Å². The molecule has 0 aromatic heterocycles. The van der Waals surface area contributed by atoms with Gasteiger partial charge < -0.3 is 24.2 Å². The van der Waals surface area contributed by atoms with Gasteiger partial charge in [-0.05, 0) is 36.4 Å². The van der Waals surface area contributed by atoms with Crippen LogP contribution in [0.4, 0.5) is 14.9 Å². The van der Waals surface area contributed by atoms with E-state index in [1.807, 2.05) is 29.7 Å². The number of nitrogens with zero attached hydrogens (tertiary/aromatic N) is 4. The third-order valence-corrected chi connectivity index (χ3v) is 6.67. The molecule has 0 aliphatic carbocycles. The van der Waals surface area contributed by atoms with Gasteiger partial charge in [0, 0.05) is 42.8 Å². The number of hydrogen-bond acceptors (Lipinski definition) is 7. The number of benzene rings is 2. The Balaban J connectivity index is 1.70. The van der Waals surface area contributed by atoms with Crippen molar-refractivity contribution in [3.8, 4) is 11.8 Å². The van der Waals surface area contributed by atoms with Crippen LogP contribution in [0.25, 0.3) is 5.70 Å². The topological polar surface area (TPSA) is 86.1 Å². The quantitative estimate of drug-likeness (QED) is 0.469. The van der Waals surface area contributed by atoms with E-state index in [-0.39, 0.29) is 18.7 Å². The molecule has 2 aromatic rings. The Bertz CT molecular complexity index is 1230. The van der Waals surface area contributed by atoms with Gasteiger partial charge >= 0.3 is 6.09 Å². The fourth-order valence-electron chi connectivity index (χ4n) is 3.89. The predicted octanol–water partition coefficient (Wildman–Crippen LogP) is 4.03. The monoisotopic (exact) mass is 494 g/mol. The highest BCUT2D eigenvalue weighted by Gasteiger charge is 2.33. The summed E-state index contributed by atoms with van der Waals surface area (Å²) in [5.74, 6) is -0.157.